The van der Waals surface area contributed by atoms with E-state index in [1.165, 1.54) is 17.5 Å². The summed E-state index contributed by atoms with van der Waals surface area (Å²) in [5, 5.41) is 11.9. The van der Waals surface area contributed by atoms with Crippen LogP contribution in [-0.2, 0) is 6.42 Å². The number of nitrogens with zero attached hydrogens (tertiary/aromatic N) is 2. The molecule has 1 N–H and O–H groups in total. The lowest BCUT2D eigenvalue weighted by atomic mass is 9.88. The number of fused-ring (bicyclic) bond motifs is 1. The summed E-state index contributed by atoms with van der Waals surface area (Å²) in [6, 6.07) is 8.20. The molecule has 0 saturated carbocycles. The predicted molar refractivity (Wildman–Crippen MR) is 88.8 cm³/mol. The highest BCUT2D eigenvalue weighted by Gasteiger charge is 2.38. The van der Waals surface area contributed by atoms with Gasteiger partial charge in [0.2, 0.25) is 0 Å². The van der Waals surface area contributed by atoms with Crippen LogP contribution in [0, 0.1) is 0 Å². The maximum Gasteiger partial charge on any atom is 0.0965 e. The first-order valence-corrected chi connectivity index (χ1v) is 8.72. The lowest BCUT2D eigenvalue weighted by Crippen LogP contribution is -2.53. The summed E-state index contributed by atoms with van der Waals surface area (Å²) in [5.41, 5.74) is 0.915. The van der Waals surface area contributed by atoms with Gasteiger partial charge in [-0.15, -0.1) is 11.3 Å². The Morgan fingerprint density at radius 1 is 1.33 bits per heavy atom. The SMILES string of the molecule is CCC(C)(C(O)Cc1nc2ccccc2s1)N1CCCC1. The van der Waals surface area contributed by atoms with Crippen molar-refractivity contribution in [3.63, 3.8) is 0 Å². The quantitative estimate of drug-likeness (QED) is 0.919. The number of aromatic nitrogens is 1. The molecule has 1 fully saturated rings. The number of hydrogen-bond donors (Lipinski definition) is 1. The molecule has 0 amide bonds. The second-order valence-electron chi connectivity index (χ2n) is 6.20. The number of rotatable bonds is 5. The maximum atomic E-state index is 10.8. The fourth-order valence-electron chi connectivity index (χ4n) is 3.29. The van der Waals surface area contributed by atoms with Crippen LogP contribution in [-0.4, -0.2) is 39.7 Å². The van der Waals surface area contributed by atoms with E-state index >= 15 is 0 Å². The van der Waals surface area contributed by atoms with Crippen LogP contribution in [0.2, 0.25) is 0 Å². The standard InChI is InChI=1S/C17H24N2OS/c1-3-17(2,19-10-6-7-11-19)15(20)12-16-18-13-8-4-5-9-14(13)21-16/h4-5,8-9,15,20H,3,6-7,10-12H2,1-2H3. The van der Waals surface area contributed by atoms with Crippen molar-refractivity contribution >= 4 is 21.6 Å². The molecule has 1 aromatic carbocycles. The Labute approximate surface area is 130 Å². The van der Waals surface area contributed by atoms with Crippen molar-refractivity contribution in [3.05, 3.63) is 29.3 Å². The van der Waals surface area contributed by atoms with Crippen LogP contribution in [0.1, 0.15) is 38.1 Å². The van der Waals surface area contributed by atoms with Crippen LogP contribution < -0.4 is 0 Å². The van der Waals surface area contributed by atoms with Crippen molar-refractivity contribution in [1.29, 1.82) is 0 Å². The molecule has 114 valence electrons. The number of thiazole rings is 1. The molecule has 2 unspecified atom stereocenters. The molecule has 21 heavy (non-hydrogen) atoms. The second kappa shape index (κ2) is 6.03. The summed E-state index contributed by atoms with van der Waals surface area (Å²) in [6.45, 7) is 6.61. The average molecular weight is 304 g/mol. The third-order valence-electron chi connectivity index (χ3n) is 4.97. The molecule has 2 atom stereocenters. The summed E-state index contributed by atoms with van der Waals surface area (Å²) in [5.74, 6) is 0. The Bertz CT molecular complexity index is 573. The molecule has 1 saturated heterocycles. The highest BCUT2D eigenvalue weighted by Crippen LogP contribution is 2.31. The Morgan fingerprint density at radius 3 is 2.71 bits per heavy atom. The highest BCUT2D eigenvalue weighted by molar-refractivity contribution is 7.18. The highest BCUT2D eigenvalue weighted by atomic mass is 32.1. The van der Waals surface area contributed by atoms with E-state index in [-0.39, 0.29) is 11.6 Å². The largest absolute Gasteiger partial charge is 0.391 e. The van der Waals surface area contributed by atoms with Crippen molar-refractivity contribution in [2.75, 3.05) is 13.1 Å². The minimum absolute atomic E-state index is 0.131. The summed E-state index contributed by atoms with van der Waals surface area (Å²) < 4.78 is 1.21. The fraction of sp³-hybridized carbons (Fsp3) is 0.588. The van der Waals surface area contributed by atoms with Crippen molar-refractivity contribution < 1.29 is 5.11 Å². The van der Waals surface area contributed by atoms with Crippen LogP contribution in [0.15, 0.2) is 24.3 Å². The summed E-state index contributed by atoms with van der Waals surface area (Å²) >= 11 is 1.71. The van der Waals surface area contributed by atoms with Crippen molar-refractivity contribution in [2.24, 2.45) is 0 Å². The van der Waals surface area contributed by atoms with E-state index in [4.69, 9.17) is 0 Å². The zero-order valence-electron chi connectivity index (χ0n) is 12.9. The molecule has 2 aromatic rings. The Morgan fingerprint density at radius 2 is 2.05 bits per heavy atom. The van der Waals surface area contributed by atoms with Gasteiger partial charge in [-0.05, 0) is 51.4 Å². The normalized spacial score (nSPS) is 20.7. The van der Waals surface area contributed by atoms with Crippen LogP contribution >= 0.6 is 11.3 Å². The van der Waals surface area contributed by atoms with Gasteiger partial charge in [-0.1, -0.05) is 19.1 Å². The van der Waals surface area contributed by atoms with Crippen molar-refractivity contribution in [2.45, 2.75) is 51.2 Å². The van der Waals surface area contributed by atoms with Crippen LogP contribution in [0.25, 0.3) is 10.2 Å². The van der Waals surface area contributed by atoms with Gasteiger partial charge in [0.25, 0.3) is 0 Å². The molecule has 3 nitrogen and oxygen atoms in total. The molecule has 0 spiro atoms. The third-order valence-corrected chi connectivity index (χ3v) is 6.03. The summed E-state index contributed by atoms with van der Waals surface area (Å²) in [7, 11) is 0. The number of likely N-dealkylation sites (tertiary alicyclic amines) is 1. The Kier molecular flexibility index (Phi) is 4.29. The monoisotopic (exact) mass is 304 g/mol. The van der Waals surface area contributed by atoms with Crippen molar-refractivity contribution in [3.8, 4) is 0 Å². The van der Waals surface area contributed by atoms with Gasteiger partial charge in [0.05, 0.1) is 21.3 Å². The van der Waals surface area contributed by atoms with E-state index < -0.39 is 0 Å². The predicted octanol–water partition coefficient (Wildman–Crippen LogP) is 3.46. The summed E-state index contributed by atoms with van der Waals surface area (Å²) in [4.78, 5) is 7.13. The number of aliphatic hydroxyl groups is 1. The third kappa shape index (κ3) is 2.85. The van der Waals surface area contributed by atoms with E-state index in [2.05, 4.69) is 29.8 Å². The first-order valence-electron chi connectivity index (χ1n) is 7.91. The van der Waals surface area contributed by atoms with Crippen LogP contribution in [0.3, 0.4) is 0 Å². The number of hydrogen-bond acceptors (Lipinski definition) is 4. The fourth-order valence-corrected chi connectivity index (χ4v) is 4.29. The Hall–Kier alpha value is -0.970. The van der Waals surface area contributed by atoms with Gasteiger partial charge >= 0.3 is 0 Å². The molecule has 0 aliphatic carbocycles. The molecule has 4 heteroatoms. The molecule has 1 aliphatic heterocycles. The van der Waals surface area contributed by atoms with Gasteiger partial charge in [-0.25, -0.2) is 4.98 Å². The lowest BCUT2D eigenvalue weighted by molar-refractivity contribution is -0.0117. The van der Waals surface area contributed by atoms with Gasteiger partial charge in [0.1, 0.15) is 0 Å². The molecule has 2 heterocycles. The number of benzene rings is 1. The minimum atomic E-state index is -0.360. The zero-order chi connectivity index (χ0) is 14.9. The molecule has 3 rings (SSSR count). The maximum absolute atomic E-state index is 10.8. The molecule has 0 radical (unpaired) electrons. The van der Waals surface area contributed by atoms with E-state index in [0.29, 0.717) is 6.42 Å². The average Bonchev–Trinajstić information content (AvgIpc) is 3.15. The van der Waals surface area contributed by atoms with Gasteiger partial charge in [0, 0.05) is 12.0 Å². The van der Waals surface area contributed by atoms with Crippen molar-refractivity contribution in [1.82, 2.24) is 9.88 Å². The topological polar surface area (TPSA) is 36.4 Å². The molecular formula is C17H24N2OS. The molecular weight excluding hydrogens is 280 g/mol. The van der Waals surface area contributed by atoms with Crippen LogP contribution in [0.4, 0.5) is 0 Å². The molecule has 0 bridgehead atoms. The Balaban J connectivity index is 1.78. The second-order valence-corrected chi connectivity index (χ2v) is 7.32. The minimum Gasteiger partial charge on any atom is -0.391 e. The number of aliphatic hydroxyl groups excluding tert-OH is 1. The molecule has 1 aromatic heterocycles. The van der Waals surface area contributed by atoms with E-state index in [0.717, 1.165) is 30.0 Å². The van der Waals surface area contributed by atoms with Gasteiger partial charge in [0.15, 0.2) is 0 Å². The number of para-hydroxylation sites is 1. The smallest absolute Gasteiger partial charge is 0.0965 e. The van der Waals surface area contributed by atoms with Gasteiger partial charge in [-0.2, -0.15) is 0 Å². The lowest BCUT2D eigenvalue weighted by Gasteiger charge is -2.41. The molecule has 1 aliphatic rings. The van der Waals surface area contributed by atoms with Gasteiger partial charge in [-0.3, -0.25) is 4.90 Å². The first kappa shape index (κ1) is 14.9. The summed E-state index contributed by atoms with van der Waals surface area (Å²) in [6.07, 6.45) is 3.77. The van der Waals surface area contributed by atoms with Crippen LogP contribution in [0.5, 0.6) is 0 Å². The van der Waals surface area contributed by atoms with E-state index in [9.17, 15) is 5.11 Å². The van der Waals surface area contributed by atoms with E-state index in [1.54, 1.807) is 11.3 Å². The zero-order valence-corrected chi connectivity index (χ0v) is 13.7. The van der Waals surface area contributed by atoms with E-state index in [1.807, 2.05) is 18.2 Å². The van der Waals surface area contributed by atoms with Gasteiger partial charge < -0.3 is 5.11 Å². The first-order chi connectivity index (χ1) is 10.1.